The van der Waals surface area contributed by atoms with Crippen molar-refractivity contribution in [2.75, 3.05) is 18.4 Å². The number of ketones is 1. The molecule has 0 saturated carbocycles. The van der Waals surface area contributed by atoms with Crippen LogP contribution in [0.2, 0.25) is 10.0 Å². The molecule has 1 fully saturated rings. The number of Topliss-reactive ketones (excluding diaryl/α,β-unsaturated/α-hetero) is 1. The van der Waals surface area contributed by atoms with E-state index in [1.807, 2.05) is 0 Å². The second-order valence-corrected chi connectivity index (χ2v) is 11.1. The van der Waals surface area contributed by atoms with Crippen molar-refractivity contribution in [2.45, 2.75) is 37.0 Å². The molecule has 1 aliphatic carbocycles. The van der Waals surface area contributed by atoms with Gasteiger partial charge in [0.2, 0.25) is 15.9 Å². The Morgan fingerprint density at radius 1 is 1.20 bits per heavy atom. The Balaban J connectivity index is 1.40. The zero-order valence-corrected chi connectivity index (χ0v) is 19.0. The van der Waals surface area contributed by atoms with Gasteiger partial charge in [-0.25, -0.2) is 13.4 Å². The van der Waals surface area contributed by atoms with Crippen LogP contribution in [0.4, 0.5) is 5.13 Å². The van der Waals surface area contributed by atoms with Crippen LogP contribution in [-0.2, 0) is 21.2 Å². The van der Waals surface area contributed by atoms with Crippen molar-refractivity contribution in [3.05, 3.63) is 38.8 Å². The van der Waals surface area contributed by atoms with Crippen molar-refractivity contribution >= 4 is 61.4 Å². The molecule has 0 bridgehead atoms. The summed E-state index contributed by atoms with van der Waals surface area (Å²) in [5.74, 6) is -0.457. The Morgan fingerprint density at radius 3 is 2.63 bits per heavy atom. The molecule has 0 radical (unpaired) electrons. The molecular weight excluding hydrogens is 469 g/mol. The number of hydrogen-bond donors (Lipinski definition) is 1. The first-order valence-electron chi connectivity index (χ1n) is 9.54. The number of piperidine rings is 1. The van der Waals surface area contributed by atoms with Crippen molar-refractivity contribution in [3.63, 3.8) is 0 Å². The molecule has 2 heterocycles. The maximum absolute atomic E-state index is 12.9. The van der Waals surface area contributed by atoms with E-state index in [-0.39, 0.29) is 45.6 Å². The maximum Gasteiger partial charge on any atom is 0.244 e. The number of nitrogens with zero attached hydrogens (tertiary/aromatic N) is 2. The molecule has 0 unspecified atom stereocenters. The number of carbonyl (C=O) groups is 2. The molecule has 0 spiro atoms. The lowest BCUT2D eigenvalue weighted by Crippen LogP contribution is -2.41. The highest BCUT2D eigenvalue weighted by molar-refractivity contribution is 7.89. The second kappa shape index (κ2) is 8.55. The number of halogens is 2. The highest BCUT2D eigenvalue weighted by Gasteiger charge is 2.34. The van der Waals surface area contributed by atoms with E-state index >= 15 is 0 Å². The highest BCUT2D eigenvalue weighted by Crippen LogP contribution is 2.32. The largest absolute Gasteiger partial charge is 0.302 e. The Kier molecular flexibility index (Phi) is 6.18. The molecule has 11 heteroatoms. The van der Waals surface area contributed by atoms with Gasteiger partial charge < -0.3 is 5.32 Å². The highest BCUT2D eigenvalue weighted by atomic mass is 35.5. The number of aromatic nitrogens is 1. The normalized spacial score (nSPS) is 18.3. The summed E-state index contributed by atoms with van der Waals surface area (Å²) in [5, 5.41) is 3.63. The van der Waals surface area contributed by atoms with E-state index in [0.29, 0.717) is 29.3 Å². The van der Waals surface area contributed by atoms with E-state index < -0.39 is 10.0 Å². The number of hydrogen-bond acceptors (Lipinski definition) is 6. The summed E-state index contributed by atoms with van der Waals surface area (Å²) in [6.07, 6.45) is 2.81. The Bertz CT molecular complexity index is 1110. The molecule has 1 saturated heterocycles. The fraction of sp³-hybridized carbons (Fsp3) is 0.421. The van der Waals surface area contributed by atoms with Crippen LogP contribution in [0.1, 0.15) is 41.0 Å². The fourth-order valence-electron chi connectivity index (χ4n) is 3.70. The number of nitrogens with one attached hydrogen (secondary N) is 1. The zero-order valence-electron chi connectivity index (χ0n) is 15.9. The molecular formula is C19H19Cl2N3O4S2. The molecule has 1 amide bonds. The number of benzene rings is 1. The van der Waals surface area contributed by atoms with Crippen molar-refractivity contribution in [1.29, 1.82) is 0 Å². The number of carbonyl (C=O) groups excluding carboxylic acids is 2. The summed E-state index contributed by atoms with van der Waals surface area (Å²) in [4.78, 5) is 29.6. The van der Waals surface area contributed by atoms with Crippen LogP contribution < -0.4 is 5.32 Å². The second-order valence-electron chi connectivity index (χ2n) is 7.31. The number of anilines is 1. The number of rotatable bonds is 4. The van der Waals surface area contributed by atoms with Crippen LogP contribution in [0, 0.1) is 5.92 Å². The predicted molar refractivity (Wildman–Crippen MR) is 116 cm³/mol. The van der Waals surface area contributed by atoms with Gasteiger partial charge in [-0.2, -0.15) is 4.31 Å². The van der Waals surface area contributed by atoms with Crippen LogP contribution >= 0.6 is 34.5 Å². The van der Waals surface area contributed by atoms with Crippen molar-refractivity contribution in [2.24, 2.45) is 5.92 Å². The summed E-state index contributed by atoms with van der Waals surface area (Å²) >= 11 is 13.2. The van der Waals surface area contributed by atoms with Crippen molar-refractivity contribution < 1.29 is 18.0 Å². The molecule has 2 aliphatic rings. The number of aryl methyl sites for hydroxylation is 1. The van der Waals surface area contributed by atoms with Gasteiger partial charge in [-0.3, -0.25) is 9.59 Å². The predicted octanol–water partition coefficient (Wildman–Crippen LogP) is 4.01. The molecule has 30 heavy (non-hydrogen) atoms. The quantitative estimate of drug-likeness (QED) is 0.702. The monoisotopic (exact) mass is 487 g/mol. The van der Waals surface area contributed by atoms with Crippen LogP contribution in [0.15, 0.2) is 23.1 Å². The van der Waals surface area contributed by atoms with E-state index in [1.165, 1.54) is 33.8 Å². The van der Waals surface area contributed by atoms with Gasteiger partial charge in [0.15, 0.2) is 10.9 Å². The van der Waals surface area contributed by atoms with Gasteiger partial charge in [0, 0.05) is 30.5 Å². The third-order valence-corrected chi connectivity index (χ3v) is 9.00. The Labute approximate surface area is 188 Å². The molecule has 1 aromatic heterocycles. The van der Waals surface area contributed by atoms with E-state index in [1.54, 1.807) is 0 Å². The summed E-state index contributed by atoms with van der Waals surface area (Å²) in [6.45, 7) is 0.409. The smallest absolute Gasteiger partial charge is 0.244 e. The van der Waals surface area contributed by atoms with Gasteiger partial charge in [-0.1, -0.05) is 34.5 Å². The lowest BCUT2D eigenvalue weighted by Gasteiger charge is -2.30. The first-order valence-corrected chi connectivity index (χ1v) is 12.6. The lowest BCUT2D eigenvalue weighted by atomic mass is 9.97. The van der Waals surface area contributed by atoms with Gasteiger partial charge in [0.25, 0.3) is 0 Å². The van der Waals surface area contributed by atoms with Crippen LogP contribution in [0.25, 0.3) is 0 Å². The average molecular weight is 488 g/mol. The summed E-state index contributed by atoms with van der Waals surface area (Å²) < 4.78 is 27.2. The number of fused-ring (bicyclic) bond motifs is 1. The van der Waals surface area contributed by atoms with E-state index in [2.05, 4.69) is 10.3 Å². The zero-order chi connectivity index (χ0) is 21.5. The molecule has 7 nitrogen and oxygen atoms in total. The third kappa shape index (κ3) is 4.27. The summed E-state index contributed by atoms with van der Waals surface area (Å²) in [5.41, 5.74) is 0.755. The van der Waals surface area contributed by atoms with Crippen LogP contribution in [0.5, 0.6) is 0 Å². The minimum absolute atomic E-state index is 0.0300. The molecule has 160 valence electrons. The average Bonchev–Trinajstić information content (AvgIpc) is 3.13. The van der Waals surface area contributed by atoms with E-state index in [4.69, 9.17) is 23.2 Å². The molecule has 1 aromatic carbocycles. The molecule has 2 aromatic rings. The number of sulfonamides is 1. The standard InChI is InChI=1S/C19H19Cl2N3O4S2/c20-12-4-5-13(21)16(10-12)30(27,28)24-8-6-11(7-9-24)18(26)23-19-22-14-2-1-3-15(25)17(14)29-19/h4-5,10-11H,1-3,6-9H2,(H,22,23,26). The van der Waals surface area contributed by atoms with E-state index in [9.17, 15) is 18.0 Å². The van der Waals surface area contributed by atoms with Crippen LogP contribution in [-0.4, -0.2) is 42.5 Å². The minimum atomic E-state index is -3.79. The van der Waals surface area contributed by atoms with Crippen molar-refractivity contribution in [3.8, 4) is 0 Å². The molecule has 1 aliphatic heterocycles. The van der Waals surface area contributed by atoms with Gasteiger partial charge in [0.05, 0.1) is 15.6 Å². The Morgan fingerprint density at radius 2 is 1.93 bits per heavy atom. The molecule has 4 rings (SSSR count). The number of amides is 1. The first-order chi connectivity index (χ1) is 14.3. The number of thiazole rings is 1. The molecule has 0 atom stereocenters. The Hall–Kier alpha value is -1.52. The third-order valence-electron chi connectivity index (χ3n) is 5.33. The topological polar surface area (TPSA) is 96.4 Å². The molecule has 1 N–H and O–H groups in total. The first kappa shape index (κ1) is 21.7. The summed E-state index contributed by atoms with van der Waals surface area (Å²) in [7, 11) is -3.79. The van der Waals surface area contributed by atoms with E-state index in [0.717, 1.165) is 18.5 Å². The van der Waals surface area contributed by atoms with Crippen LogP contribution in [0.3, 0.4) is 0 Å². The van der Waals surface area contributed by atoms with Gasteiger partial charge in [-0.15, -0.1) is 0 Å². The minimum Gasteiger partial charge on any atom is -0.302 e. The van der Waals surface area contributed by atoms with Gasteiger partial charge in [0.1, 0.15) is 4.90 Å². The van der Waals surface area contributed by atoms with Gasteiger partial charge in [-0.05, 0) is 43.9 Å². The SMILES string of the molecule is O=C1CCCc2nc(NC(=O)C3CCN(S(=O)(=O)c4cc(Cl)ccc4Cl)CC3)sc21. The fourth-order valence-corrected chi connectivity index (χ4v) is 6.89. The maximum atomic E-state index is 12.9. The van der Waals surface area contributed by atoms with Crippen molar-refractivity contribution in [1.82, 2.24) is 9.29 Å². The van der Waals surface area contributed by atoms with Gasteiger partial charge >= 0.3 is 0 Å². The summed E-state index contributed by atoms with van der Waals surface area (Å²) in [6, 6.07) is 4.32. The lowest BCUT2D eigenvalue weighted by molar-refractivity contribution is -0.120.